The second-order valence-electron chi connectivity index (χ2n) is 13.2. The van der Waals surface area contributed by atoms with E-state index in [4.69, 9.17) is 15.0 Å². The predicted molar refractivity (Wildman–Crippen MR) is 201 cm³/mol. The van der Waals surface area contributed by atoms with Crippen molar-refractivity contribution in [3.05, 3.63) is 160 Å². The summed E-state index contributed by atoms with van der Waals surface area (Å²) >= 11 is 0. The maximum absolute atomic E-state index is 5.49. The van der Waals surface area contributed by atoms with Crippen molar-refractivity contribution >= 4 is 22.8 Å². The van der Waals surface area contributed by atoms with Gasteiger partial charge in [-0.3, -0.25) is 0 Å². The summed E-state index contributed by atoms with van der Waals surface area (Å²) in [6.45, 7) is 17.9. The number of aromatic nitrogens is 1. The third kappa shape index (κ3) is 8.64. The van der Waals surface area contributed by atoms with E-state index >= 15 is 0 Å². The van der Waals surface area contributed by atoms with Crippen LogP contribution in [0.4, 0.5) is 11.4 Å². The third-order valence-electron chi connectivity index (χ3n) is 8.46. The zero-order valence-corrected chi connectivity index (χ0v) is 30.4. The molecule has 0 aliphatic heterocycles. The topological polar surface area (TPSA) is 69.1 Å². The van der Waals surface area contributed by atoms with Crippen molar-refractivity contribution in [2.24, 2.45) is 9.98 Å². The van der Waals surface area contributed by atoms with Crippen LogP contribution in [0.3, 0.4) is 0 Å². The Bertz CT molecular complexity index is 1660. The summed E-state index contributed by atoms with van der Waals surface area (Å²) < 4.78 is 0. The van der Waals surface area contributed by atoms with E-state index in [9.17, 15) is 0 Å². The Morgan fingerprint density at radius 3 is 1.00 bits per heavy atom. The first-order valence-corrected chi connectivity index (χ1v) is 16.7. The number of rotatable bonds is 10. The van der Waals surface area contributed by atoms with Crippen LogP contribution in [0, 0.1) is 0 Å². The normalized spacial score (nSPS) is 12.0. The van der Waals surface area contributed by atoms with Crippen molar-refractivity contribution in [1.82, 2.24) is 4.98 Å². The summed E-state index contributed by atoms with van der Waals surface area (Å²) in [5.41, 5.74) is 12.5. The maximum Gasteiger partial charge on any atom is 0.0966 e. The number of para-hydroxylation sites is 2. The number of aliphatic imine (C=N–C) groups is 2. The Morgan fingerprint density at radius 2 is 0.708 bits per heavy atom. The molecule has 0 aliphatic rings. The first-order valence-electron chi connectivity index (χ1n) is 16.7. The van der Waals surface area contributed by atoms with Gasteiger partial charge in [-0.15, -0.1) is 0 Å². The van der Waals surface area contributed by atoms with E-state index in [0.29, 0.717) is 23.7 Å². The molecule has 0 spiro atoms. The Labute approximate surface area is 297 Å². The molecule has 1 aromatic heterocycles. The zero-order chi connectivity index (χ0) is 32.8. The average molecular weight is 683 g/mol. The molecule has 2 N–H and O–H groups in total. The van der Waals surface area contributed by atoms with E-state index in [1.807, 2.05) is 12.1 Å². The van der Waals surface area contributed by atoms with Crippen LogP contribution in [0.5, 0.6) is 0 Å². The van der Waals surface area contributed by atoms with Crippen LogP contribution >= 0.6 is 0 Å². The van der Waals surface area contributed by atoms with Crippen LogP contribution in [0.1, 0.15) is 124 Å². The molecule has 5 heteroatoms. The number of hydrogen-bond acceptors (Lipinski definition) is 3. The van der Waals surface area contributed by atoms with E-state index in [1.54, 1.807) is 0 Å². The average Bonchev–Trinajstić information content (AvgIpc) is 3.06. The quantitative estimate of drug-likeness (QED) is 0.107. The predicted octanol–water partition coefficient (Wildman–Crippen LogP) is 11.1. The number of hydrogen-bond donors (Lipinski definition) is 0. The number of nitrogens with zero attached hydrogens (tertiary/aromatic N) is 3. The fraction of sp³-hybridized carbons (Fsp3) is 0.279. The fourth-order valence-electron chi connectivity index (χ4n) is 5.94. The molecule has 252 valence electrons. The summed E-state index contributed by atoms with van der Waals surface area (Å²) in [6.07, 6.45) is 0. The Hall–Kier alpha value is -4.18. The molecule has 0 saturated heterocycles. The minimum Gasteiger partial charge on any atom is -0.412 e. The van der Waals surface area contributed by atoms with Crippen LogP contribution in [0.2, 0.25) is 0 Å². The second-order valence-corrected chi connectivity index (χ2v) is 13.2. The molecule has 0 radical (unpaired) electrons. The summed E-state index contributed by atoms with van der Waals surface area (Å²) in [7, 11) is 0. The third-order valence-corrected chi connectivity index (χ3v) is 8.46. The van der Waals surface area contributed by atoms with Gasteiger partial charge >= 0.3 is 0 Å². The van der Waals surface area contributed by atoms with Gasteiger partial charge in [0, 0.05) is 27.6 Å². The van der Waals surface area contributed by atoms with Crippen LogP contribution in [-0.4, -0.2) is 21.9 Å². The molecule has 0 bridgehead atoms. The van der Waals surface area contributed by atoms with E-state index in [-0.39, 0.29) is 22.0 Å². The summed E-state index contributed by atoms with van der Waals surface area (Å²) in [5.74, 6) is 1.34. The molecule has 0 unspecified atom stereocenters. The van der Waals surface area contributed by atoms with Crippen LogP contribution in [0.25, 0.3) is 0 Å². The van der Waals surface area contributed by atoms with Gasteiger partial charge < -0.3 is 5.48 Å². The summed E-state index contributed by atoms with van der Waals surface area (Å²) in [6, 6.07) is 40.3. The van der Waals surface area contributed by atoms with Gasteiger partial charge in [-0.25, -0.2) is 15.0 Å². The summed E-state index contributed by atoms with van der Waals surface area (Å²) in [5, 5.41) is 0. The molecule has 5 rings (SSSR count). The van der Waals surface area contributed by atoms with E-state index < -0.39 is 0 Å². The van der Waals surface area contributed by atoms with Gasteiger partial charge in [0.15, 0.2) is 0 Å². The molecular weight excluding hydrogens is 633 g/mol. The van der Waals surface area contributed by atoms with Gasteiger partial charge in [0.25, 0.3) is 0 Å². The summed E-state index contributed by atoms with van der Waals surface area (Å²) in [4.78, 5) is 16.3. The minimum atomic E-state index is 0. The molecule has 48 heavy (non-hydrogen) atoms. The molecule has 0 saturated carbocycles. The fourth-order valence-corrected chi connectivity index (χ4v) is 5.94. The van der Waals surface area contributed by atoms with E-state index in [1.165, 1.54) is 22.3 Å². The molecule has 4 aromatic carbocycles. The molecular formula is C43H49N3NiO. The van der Waals surface area contributed by atoms with Crippen molar-refractivity contribution < 1.29 is 22.0 Å². The Balaban J connectivity index is 0.00000312. The Kier molecular flexibility index (Phi) is 13.8. The zero-order valence-electron chi connectivity index (χ0n) is 29.4. The van der Waals surface area contributed by atoms with Crippen molar-refractivity contribution in [3.63, 3.8) is 0 Å². The second kappa shape index (κ2) is 17.3. The molecule has 1 heterocycles. The van der Waals surface area contributed by atoms with Gasteiger partial charge in [-0.1, -0.05) is 159 Å². The standard InChI is InChI=1S/C43H47N3.Ni.H2O/c1-28(2)34-22-15-23-35(29(3)4)42(34)45-40(32-18-11-9-12-19-32)38-26-17-27-39(44-38)41(33-20-13-10-14-21-33)46-43-36(30(5)6)24-16-25-37(43)31(7)8;;/h9-31H,1-8H3;;1H2. The van der Waals surface area contributed by atoms with E-state index in [2.05, 4.69) is 159 Å². The van der Waals surface area contributed by atoms with Crippen LogP contribution < -0.4 is 0 Å². The molecule has 0 amide bonds. The number of pyridine rings is 1. The van der Waals surface area contributed by atoms with Gasteiger partial charge in [-0.2, -0.15) is 0 Å². The van der Waals surface area contributed by atoms with Gasteiger partial charge in [-0.05, 0) is 58.1 Å². The van der Waals surface area contributed by atoms with Crippen molar-refractivity contribution in [2.45, 2.75) is 79.1 Å². The molecule has 0 atom stereocenters. The van der Waals surface area contributed by atoms with Crippen LogP contribution in [0.15, 0.2) is 125 Å². The Morgan fingerprint density at radius 1 is 0.417 bits per heavy atom. The molecule has 0 aliphatic carbocycles. The van der Waals surface area contributed by atoms with E-state index in [0.717, 1.165) is 45.3 Å². The molecule has 5 aromatic rings. The van der Waals surface area contributed by atoms with Crippen molar-refractivity contribution in [1.29, 1.82) is 0 Å². The SMILES string of the molecule is CC(C)c1cccc(C(C)C)c1N=C(c1ccccc1)c1cccc(C(=Nc2c(C(C)C)cccc2C(C)C)c2ccccc2)n1.O.[Ni]. The minimum absolute atomic E-state index is 0. The van der Waals surface area contributed by atoms with Crippen molar-refractivity contribution in [3.8, 4) is 0 Å². The maximum atomic E-state index is 5.49. The first-order chi connectivity index (χ1) is 22.2. The monoisotopic (exact) mass is 681 g/mol. The first kappa shape index (κ1) is 38.3. The van der Waals surface area contributed by atoms with Crippen molar-refractivity contribution in [2.75, 3.05) is 0 Å². The molecule has 4 nitrogen and oxygen atoms in total. The largest absolute Gasteiger partial charge is 0.412 e. The number of benzene rings is 4. The van der Waals surface area contributed by atoms with Gasteiger partial charge in [0.05, 0.1) is 34.2 Å². The van der Waals surface area contributed by atoms with Gasteiger partial charge in [0.1, 0.15) is 0 Å². The molecule has 0 fully saturated rings. The smallest absolute Gasteiger partial charge is 0.0966 e. The van der Waals surface area contributed by atoms with Gasteiger partial charge in [0.2, 0.25) is 0 Å². The van der Waals surface area contributed by atoms with Crippen LogP contribution in [-0.2, 0) is 16.5 Å².